The number of benzene rings is 1. The monoisotopic (exact) mass is 245 g/mol. The van der Waals surface area contributed by atoms with Crippen LogP contribution in [0.25, 0.3) is 11.3 Å². The van der Waals surface area contributed by atoms with Gasteiger partial charge in [0.15, 0.2) is 0 Å². The summed E-state index contributed by atoms with van der Waals surface area (Å²) in [4.78, 5) is 0. The molecular formula is C14H19N3O. The van der Waals surface area contributed by atoms with Crippen molar-refractivity contribution in [1.82, 2.24) is 15.0 Å². The molecular weight excluding hydrogens is 226 g/mol. The topological polar surface area (TPSA) is 50.9 Å². The van der Waals surface area contributed by atoms with E-state index in [1.807, 2.05) is 6.20 Å². The van der Waals surface area contributed by atoms with Crippen molar-refractivity contribution in [3.05, 3.63) is 36.0 Å². The van der Waals surface area contributed by atoms with Gasteiger partial charge in [-0.05, 0) is 18.4 Å². The molecule has 1 aromatic heterocycles. The van der Waals surface area contributed by atoms with Crippen molar-refractivity contribution in [3.63, 3.8) is 0 Å². The Kier molecular flexibility index (Phi) is 3.77. The Labute approximate surface area is 107 Å². The summed E-state index contributed by atoms with van der Waals surface area (Å²) in [5.74, 6) is 0.532. The second kappa shape index (κ2) is 5.31. The number of aliphatic hydroxyl groups excluding tert-OH is 1. The lowest BCUT2D eigenvalue weighted by atomic mass is 10.0. The smallest absolute Gasteiger partial charge is 0.113 e. The van der Waals surface area contributed by atoms with Crippen LogP contribution >= 0.6 is 0 Å². The van der Waals surface area contributed by atoms with E-state index in [1.54, 1.807) is 11.6 Å². The molecule has 0 amide bonds. The molecule has 96 valence electrons. The maximum Gasteiger partial charge on any atom is 0.113 e. The van der Waals surface area contributed by atoms with Crippen LogP contribution in [-0.2, 0) is 6.54 Å². The predicted molar refractivity (Wildman–Crippen MR) is 71.2 cm³/mol. The summed E-state index contributed by atoms with van der Waals surface area (Å²) in [7, 11) is 0. The van der Waals surface area contributed by atoms with E-state index in [9.17, 15) is 5.11 Å². The van der Waals surface area contributed by atoms with Crippen molar-refractivity contribution in [2.45, 2.75) is 39.3 Å². The van der Waals surface area contributed by atoms with Crippen LogP contribution in [0.2, 0.25) is 0 Å². The standard InChI is InChI=1S/C14H19N3O/c1-10(2)12-4-6-13(7-5-12)14-9-17(16-15-14)8-11(3)18/h4-7,9-11,18H,8H2,1-3H3/t11-/m1/s1. The second-order valence-corrected chi connectivity index (χ2v) is 4.95. The number of hydrogen-bond donors (Lipinski definition) is 1. The highest BCUT2D eigenvalue weighted by atomic mass is 16.3. The Morgan fingerprint density at radius 3 is 2.39 bits per heavy atom. The van der Waals surface area contributed by atoms with Crippen molar-refractivity contribution in [2.75, 3.05) is 0 Å². The molecule has 0 saturated heterocycles. The quantitative estimate of drug-likeness (QED) is 0.900. The van der Waals surface area contributed by atoms with Crippen LogP contribution < -0.4 is 0 Å². The van der Waals surface area contributed by atoms with Gasteiger partial charge in [0.1, 0.15) is 5.69 Å². The highest BCUT2D eigenvalue weighted by Crippen LogP contribution is 2.20. The molecule has 1 N–H and O–H groups in total. The first-order chi connectivity index (χ1) is 8.56. The first-order valence-electron chi connectivity index (χ1n) is 6.25. The molecule has 1 heterocycles. The molecule has 0 saturated carbocycles. The Morgan fingerprint density at radius 1 is 1.17 bits per heavy atom. The zero-order valence-corrected chi connectivity index (χ0v) is 11.0. The molecule has 0 aliphatic rings. The summed E-state index contributed by atoms with van der Waals surface area (Å²) in [6.07, 6.45) is 1.44. The number of hydrogen-bond acceptors (Lipinski definition) is 3. The average molecular weight is 245 g/mol. The van der Waals surface area contributed by atoms with Crippen molar-refractivity contribution < 1.29 is 5.11 Å². The van der Waals surface area contributed by atoms with Gasteiger partial charge in [-0.3, -0.25) is 0 Å². The summed E-state index contributed by atoms with van der Waals surface area (Å²) in [5, 5.41) is 17.4. The molecule has 18 heavy (non-hydrogen) atoms. The molecule has 2 aromatic rings. The third kappa shape index (κ3) is 2.96. The van der Waals surface area contributed by atoms with Gasteiger partial charge >= 0.3 is 0 Å². The molecule has 1 atom stereocenters. The zero-order valence-electron chi connectivity index (χ0n) is 11.0. The molecule has 0 fully saturated rings. The molecule has 0 aliphatic carbocycles. The molecule has 2 rings (SSSR count). The Hall–Kier alpha value is -1.68. The van der Waals surface area contributed by atoms with Gasteiger partial charge in [0.25, 0.3) is 0 Å². The number of nitrogens with zero attached hydrogens (tertiary/aromatic N) is 3. The fraction of sp³-hybridized carbons (Fsp3) is 0.429. The maximum absolute atomic E-state index is 9.29. The average Bonchev–Trinajstić information content (AvgIpc) is 2.76. The van der Waals surface area contributed by atoms with E-state index < -0.39 is 6.10 Å². The first-order valence-corrected chi connectivity index (χ1v) is 6.25. The lowest BCUT2D eigenvalue weighted by Gasteiger charge is -2.05. The SMILES string of the molecule is CC(C)c1ccc(-c2cn(C[C@@H](C)O)nn2)cc1. The third-order valence-corrected chi connectivity index (χ3v) is 2.86. The minimum Gasteiger partial charge on any atom is -0.391 e. The minimum absolute atomic E-state index is 0.414. The van der Waals surface area contributed by atoms with Crippen molar-refractivity contribution in [3.8, 4) is 11.3 Å². The predicted octanol–water partition coefficient (Wildman–Crippen LogP) is 2.45. The lowest BCUT2D eigenvalue weighted by Crippen LogP contribution is -2.11. The van der Waals surface area contributed by atoms with Crippen molar-refractivity contribution in [1.29, 1.82) is 0 Å². The zero-order chi connectivity index (χ0) is 13.1. The van der Waals surface area contributed by atoms with Crippen LogP contribution in [0.1, 0.15) is 32.3 Å². The van der Waals surface area contributed by atoms with Crippen LogP contribution in [-0.4, -0.2) is 26.2 Å². The van der Waals surface area contributed by atoms with E-state index >= 15 is 0 Å². The Bertz CT molecular complexity index is 500. The summed E-state index contributed by atoms with van der Waals surface area (Å²) in [6.45, 7) is 6.55. The third-order valence-electron chi connectivity index (χ3n) is 2.86. The molecule has 0 radical (unpaired) electrons. The van der Waals surface area contributed by atoms with Gasteiger partial charge in [-0.2, -0.15) is 0 Å². The van der Waals surface area contributed by atoms with E-state index in [4.69, 9.17) is 0 Å². The number of rotatable bonds is 4. The summed E-state index contributed by atoms with van der Waals surface area (Å²) < 4.78 is 1.66. The summed E-state index contributed by atoms with van der Waals surface area (Å²) in [6, 6.07) is 8.36. The maximum atomic E-state index is 9.29. The second-order valence-electron chi connectivity index (χ2n) is 4.95. The van der Waals surface area contributed by atoms with Gasteiger partial charge in [-0.25, -0.2) is 4.68 Å². The molecule has 0 spiro atoms. The fourth-order valence-electron chi connectivity index (χ4n) is 1.83. The Balaban J connectivity index is 2.18. The van der Waals surface area contributed by atoms with E-state index in [-0.39, 0.29) is 0 Å². The highest BCUT2D eigenvalue weighted by Gasteiger charge is 2.06. The number of aliphatic hydroxyl groups is 1. The van der Waals surface area contributed by atoms with Crippen LogP contribution in [0.3, 0.4) is 0 Å². The molecule has 4 heteroatoms. The molecule has 0 unspecified atom stereocenters. The highest BCUT2D eigenvalue weighted by molar-refractivity contribution is 5.58. The van der Waals surface area contributed by atoms with Crippen LogP contribution in [0.4, 0.5) is 0 Å². The fourth-order valence-corrected chi connectivity index (χ4v) is 1.83. The van der Waals surface area contributed by atoms with Crippen LogP contribution in [0.5, 0.6) is 0 Å². The van der Waals surface area contributed by atoms with Gasteiger partial charge in [0.2, 0.25) is 0 Å². The van der Waals surface area contributed by atoms with Gasteiger partial charge in [-0.15, -0.1) is 5.10 Å². The van der Waals surface area contributed by atoms with Crippen LogP contribution in [0.15, 0.2) is 30.5 Å². The normalized spacial score (nSPS) is 12.9. The van der Waals surface area contributed by atoms with Gasteiger partial charge in [0.05, 0.1) is 18.8 Å². The van der Waals surface area contributed by atoms with Crippen molar-refractivity contribution in [2.24, 2.45) is 0 Å². The largest absolute Gasteiger partial charge is 0.391 e. The molecule has 1 aromatic carbocycles. The van der Waals surface area contributed by atoms with Crippen LogP contribution in [0, 0.1) is 0 Å². The molecule has 0 bridgehead atoms. The van der Waals surface area contributed by atoms with E-state index in [1.165, 1.54) is 5.56 Å². The van der Waals surface area contributed by atoms with E-state index in [0.29, 0.717) is 12.5 Å². The first kappa shape index (κ1) is 12.8. The minimum atomic E-state index is -0.414. The van der Waals surface area contributed by atoms with Gasteiger partial charge < -0.3 is 5.11 Å². The molecule has 0 aliphatic heterocycles. The van der Waals surface area contributed by atoms with E-state index in [2.05, 4.69) is 48.4 Å². The Morgan fingerprint density at radius 2 is 1.83 bits per heavy atom. The van der Waals surface area contributed by atoms with Gasteiger partial charge in [0, 0.05) is 5.56 Å². The summed E-state index contributed by atoms with van der Waals surface area (Å²) >= 11 is 0. The molecule has 4 nitrogen and oxygen atoms in total. The van der Waals surface area contributed by atoms with Crippen molar-refractivity contribution >= 4 is 0 Å². The summed E-state index contributed by atoms with van der Waals surface area (Å²) in [5.41, 5.74) is 3.21. The lowest BCUT2D eigenvalue weighted by molar-refractivity contribution is 0.167. The van der Waals surface area contributed by atoms with Gasteiger partial charge in [-0.1, -0.05) is 43.3 Å². The van der Waals surface area contributed by atoms with E-state index in [0.717, 1.165) is 11.3 Å². The number of aromatic nitrogens is 3.